The summed E-state index contributed by atoms with van der Waals surface area (Å²) in [4.78, 5) is 22.1. The third-order valence-corrected chi connectivity index (χ3v) is 6.19. The Hall–Kier alpha value is -3.03. The van der Waals surface area contributed by atoms with Crippen LogP contribution in [0.2, 0.25) is 0 Å². The van der Waals surface area contributed by atoms with Gasteiger partial charge in [0.25, 0.3) is 5.91 Å². The zero-order valence-electron chi connectivity index (χ0n) is 17.8. The molecule has 1 aliphatic carbocycles. The van der Waals surface area contributed by atoms with Crippen LogP contribution in [0.1, 0.15) is 36.5 Å². The first kappa shape index (κ1) is 21.2. The molecule has 0 spiro atoms. The minimum atomic E-state index is -0.606. The molecule has 2 heterocycles. The average Bonchev–Trinajstić information content (AvgIpc) is 3.29. The third kappa shape index (κ3) is 5.18. The second kappa shape index (κ2) is 9.85. The number of fused-ring (bicyclic) bond motifs is 1. The molecule has 7 nitrogen and oxygen atoms in total. The number of hydrogen-bond acceptors (Lipinski definition) is 6. The fraction of sp³-hybridized carbons (Fsp3) is 0.375. The highest BCUT2D eigenvalue weighted by atomic mass is 16.5. The normalized spacial score (nSPS) is 22.0. The lowest BCUT2D eigenvalue weighted by molar-refractivity contribution is 0.0705. The number of carbonyl (C=O) groups excluding carboxylic acids is 1. The number of aromatic nitrogens is 2. The molecule has 162 valence electrons. The average molecular weight is 420 g/mol. The lowest BCUT2D eigenvalue weighted by Gasteiger charge is -2.22. The number of benzene rings is 1. The lowest BCUT2D eigenvalue weighted by Crippen LogP contribution is -2.36. The van der Waals surface area contributed by atoms with E-state index in [2.05, 4.69) is 69.6 Å². The molecule has 31 heavy (non-hydrogen) atoms. The molecule has 3 N–H and O–H groups in total. The number of nitrogens with zero attached hydrogens (tertiary/aromatic N) is 3. The van der Waals surface area contributed by atoms with Gasteiger partial charge in [-0.05, 0) is 42.5 Å². The second-order valence-electron chi connectivity index (χ2n) is 8.22. The quantitative estimate of drug-likeness (QED) is 0.372. The van der Waals surface area contributed by atoms with Crippen LogP contribution in [0.3, 0.4) is 0 Å². The lowest BCUT2D eigenvalue weighted by atomic mass is 9.99. The summed E-state index contributed by atoms with van der Waals surface area (Å²) in [6, 6.07) is 8.93. The van der Waals surface area contributed by atoms with Gasteiger partial charge in [-0.15, -0.1) is 0 Å². The summed E-state index contributed by atoms with van der Waals surface area (Å²) >= 11 is 0. The summed E-state index contributed by atoms with van der Waals surface area (Å²) in [6.07, 6.45) is 12.8. The van der Waals surface area contributed by atoms with E-state index in [1.54, 1.807) is 5.48 Å². The first-order chi connectivity index (χ1) is 15.1. The van der Waals surface area contributed by atoms with E-state index in [-0.39, 0.29) is 5.56 Å². The highest BCUT2D eigenvalue weighted by Gasteiger charge is 2.28. The molecule has 1 fully saturated rings. The van der Waals surface area contributed by atoms with Gasteiger partial charge in [0.15, 0.2) is 0 Å². The van der Waals surface area contributed by atoms with E-state index in [1.165, 1.54) is 28.4 Å². The Morgan fingerprint density at radius 1 is 1.19 bits per heavy atom. The number of allylic oxidation sites excluding steroid dienone is 1. The summed E-state index contributed by atoms with van der Waals surface area (Å²) in [5.74, 6) is 0.524. The van der Waals surface area contributed by atoms with Gasteiger partial charge in [0.2, 0.25) is 5.95 Å². The van der Waals surface area contributed by atoms with Crippen molar-refractivity contribution >= 4 is 24.0 Å². The molecule has 2 unspecified atom stereocenters. The van der Waals surface area contributed by atoms with Crippen LogP contribution in [-0.2, 0) is 0 Å². The predicted octanol–water partition coefficient (Wildman–Crippen LogP) is 1.38. The fourth-order valence-electron chi connectivity index (χ4n) is 4.21. The molecule has 1 amide bonds. The molecule has 0 radical (unpaired) electrons. The van der Waals surface area contributed by atoms with E-state index < -0.39 is 5.91 Å². The highest BCUT2D eigenvalue weighted by Crippen LogP contribution is 2.23. The monoisotopic (exact) mass is 419 g/mol. The van der Waals surface area contributed by atoms with Crippen LogP contribution in [0.5, 0.6) is 0 Å². The summed E-state index contributed by atoms with van der Waals surface area (Å²) in [5.41, 5.74) is 3.26. The van der Waals surface area contributed by atoms with Gasteiger partial charge in [-0.1, -0.05) is 48.1 Å². The number of amides is 1. The van der Waals surface area contributed by atoms with E-state index >= 15 is 0 Å². The SMILES string of the molecule is CC(NC/C1=C/CC=c2cccc/c2=C/C1)C1CCN(c2ncc(C(=O)NO)cn2)C1. The van der Waals surface area contributed by atoms with Gasteiger partial charge >= 0.3 is 0 Å². The van der Waals surface area contributed by atoms with Crippen molar-refractivity contribution in [2.75, 3.05) is 24.5 Å². The van der Waals surface area contributed by atoms with Crippen molar-refractivity contribution in [3.63, 3.8) is 0 Å². The maximum Gasteiger partial charge on any atom is 0.277 e. The van der Waals surface area contributed by atoms with Crippen LogP contribution in [0.4, 0.5) is 5.95 Å². The van der Waals surface area contributed by atoms with Crippen LogP contribution in [-0.4, -0.2) is 46.8 Å². The molecule has 1 saturated heterocycles. The van der Waals surface area contributed by atoms with Crippen molar-refractivity contribution in [2.24, 2.45) is 5.92 Å². The van der Waals surface area contributed by atoms with Crippen LogP contribution < -0.4 is 26.1 Å². The standard InChI is InChI=1S/C24H29N5O2/c1-17(25-13-18-5-4-8-19-6-2-3-7-20(19)10-9-18)21-11-12-29(16-21)24-26-14-22(15-27-24)23(30)28-31/h2-3,5-8,10,14-15,17,21,25,31H,4,9,11-13,16H2,1H3,(H,28,30)/b18-5+,19-8?,20-10-. The molecule has 2 aromatic rings. The molecule has 1 aromatic carbocycles. The Bertz CT molecular complexity index is 1060. The Labute approximate surface area is 182 Å². The molecular formula is C24H29N5O2. The van der Waals surface area contributed by atoms with Crippen LogP contribution in [0, 0.1) is 5.92 Å². The predicted molar refractivity (Wildman–Crippen MR) is 121 cm³/mol. The van der Waals surface area contributed by atoms with E-state index in [0.717, 1.165) is 38.9 Å². The van der Waals surface area contributed by atoms with Crippen LogP contribution >= 0.6 is 0 Å². The molecule has 2 atom stereocenters. The van der Waals surface area contributed by atoms with Crippen molar-refractivity contribution in [3.05, 3.63) is 64.3 Å². The van der Waals surface area contributed by atoms with Gasteiger partial charge < -0.3 is 10.2 Å². The summed E-state index contributed by atoms with van der Waals surface area (Å²) in [6.45, 7) is 4.92. The molecule has 0 bridgehead atoms. The van der Waals surface area contributed by atoms with Gasteiger partial charge in [-0.2, -0.15) is 0 Å². The van der Waals surface area contributed by atoms with Gasteiger partial charge in [0.05, 0.1) is 5.56 Å². The number of hydrogen-bond donors (Lipinski definition) is 3. The Morgan fingerprint density at radius 3 is 2.68 bits per heavy atom. The molecule has 4 rings (SSSR count). The van der Waals surface area contributed by atoms with Crippen LogP contribution in [0.15, 0.2) is 48.3 Å². The molecular weight excluding hydrogens is 390 g/mol. The molecule has 1 aromatic heterocycles. The summed E-state index contributed by atoms with van der Waals surface area (Å²) in [7, 11) is 0. The fourth-order valence-corrected chi connectivity index (χ4v) is 4.21. The zero-order chi connectivity index (χ0) is 21.6. The summed E-state index contributed by atoms with van der Waals surface area (Å²) in [5, 5.41) is 15.1. The van der Waals surface area contributed by atoms with E-state index in [0.29, 0.717) is 17.9 Å². The Balaban J connectivity index is 1.30. The number of hydroxylamine groups is 1. The largest absolute Gasteiger partial charge is 0.340 e. The highest BCUT2D eigenvalue weighted by molar-refractivity contribution is 5.92. The molecule has 0 saturated carbocycles. The topological polar surface area (TPSA) is 90.4 Å². The van der Waals surface area contributed by atoms with Gasteiger partial charge in [-0.25, -0.2) is 15.4 Å². The Kier molecular flexibility index (Phi) is 6.74. The number of carbonyl (C=O) groups is 1. The van der Waals surface area contributed by atoms with Crippen molar-refractivity contribution in [2.45, 2.75) is 32.2 Å². The molecule has 1 aliphatic heterocycles. The van der Waals surface area contributed by atoms with Crippen LogP contribution in [0.25, 0.3) is 12.2 Å². The van der Waals surface area contributed by atoms with E-state index in [1.807, 2.05) is 0 Å². The minimum Gasteiger partial charge on any atom is -0.340 e. The van der Waals surface area contributed by atoms with Crippen molar-refractivity contribution in [3.8, 4) is 0 Å². The third-order valence-electron chi connectivity index (χ3n) is 6.19. The molecule has 7 heteroatoms. The minimum absolute atomic E-state index is 0.237. The number of anilines is 1. The number of nitrogens with one attached hydrogen (secondary N) is 2. The first-order valence-corrected chi connectivity index (χ1v) is 10.8. The van der Waals surface area contributed by atoms with E-state index in [9.17, 15) is 4.79 Å². The Morgan fingerprint density at radius 2 is 1.94 bits per heavy atom. The van der Waals surface area contributed by atoms with Crippen molar-refractivity contribution in [1.29, 1.82) is 0 Å². The maximum atomic E-state index is 11.4. The smallest absolute Gasteiger partial charge is 0.277 e. The second-order valence-corrected chi connectivity index (χ2v) is 8.22. The summed E-state index contributed by atoms with van der Waals surface area (Å²) < 4.78 is 0. The first-order valence-electron chi connectivity index (χ1n) is 10.8. The van der Waals surface area contributed by atoms with Gasteiger partial charge in [0, 0.05) is 38.1 Å². The maximum absolute atomic E-state index is 11.4. The van der Waals surface area contributed by atoms with E-state index in [4.69, 9.17) is 5.21 Å². The van der Waals surface area contributed by atoms with Gasteiger partial charge in [-0.3, -0.25) is 10.0 Å². The zero-order valence-corrected chi connectivity index (χ0v) is 17.8. The van der Waals surface area contributed by atoms with Gasteiger partial charge in [0.1, 0.15) is 0 Å². The molecule has 2 aliphatic rings. The van der Waals surface area contributed by atoms with Crippen molar-refractivity contribution in [1.82, 2.24) is 20.8 Å². The van der Waals surface area contributed by atoms with Crippen molar-refractivity contribution < 1.29 is 10.0 Å². The number of rotatable bonds is 6.